The molecule has 1 saturated heterocycles. The highest BCUT2D eigenvalue weighted by Crippen LogP contribution is 2.23. The summed E-state index contributed by atoms with van der Waals surface area (Å²) in [4.78, 5) is 24.0. The van der Waals surface area contributed by atoms with E-state index in [1.54, 1.807) is 16.7 Å². The van der Waals surface area contributed by atoms with E-state index >= 15 is 0 Å². The highest BCUT2D eigenvalue weighted by atomic mass is 32.2. The number of carbonyl (C=O) groups is 1. The minimum absolute atomic E-state index is 0.168. The maximum atomic E-state index is 12.1. The SMILES string of the molecule is CS(=O)(=O)c1ccc2c(c1)[nH]c(=O)n2C1CCNCC1.O=C(O)C(F)(F)F. The van der Waals surface area contributed by atoms with E-state index in [4.69, 9.17) is 9.90 Å². The van der Waals surface area contributed by atoms with E-state index in [9.17, 15) is 26.4 Å². The molecule has 0 aliphatic carbocycles. The van der Waals surface area contributed by atoms with Gasteiger partial charge in [0, 0.05) is 12.3 Å². The molecule has 150 valence electrons. The van der Waals surface area contributed by atoms with Crippen LogP contribution < -0.4 is 11.0 Å². The van der Waals surface area contributed by atoms with Crippen molar-refractivity contribution < 1.29 is 31.5 Å². The van der Waals surface area contributed by atoms with Crippen molar-refractivity contribution in [2.24, 2.45) is 0 Å². The lowest BCUT2D eigenvalue weighted by Crippen LogP contribution is -2.33. The monoisotopic (exact) mass is 409 g/mol. The number of aromatic amines is 1. The summed E-state index contributed by atoms with van der Waals surface area (Å²) in [7, 11) is -3.26. The average Bonchev–Trinajstić information content (AvgIpc) is 2.89. The standard InChI is InChI=1S/C13H17N3O3S.C2HF3O2/c1-20(18,19)10-2-3-12-11(8-10)15-13(17)16(12)9-4-6-14-7-5-9;3-2(4,5)1(6)7/h2-3,8-9,14H,4-7H2,1H3,(H,15,17);(H,6,7). The molecular formula is C15H18F3N3O5S. The number of hydrogen-bond donors (Lipinski definition) is 3. The fourth-order valence-electron chi connectivity index (χ4n) is 2.77. The lowest BCUT2D eigenvalue weighted by Gasteiger charge is -2.23. The zero-order chi connectivity index (χ0) is 20.4. The summed E-state index contributed by atoms with van der Waals surface area (Å²) >= 11 is 0. The van der Waals surface area contributed by atoms with E-state index in [-0.39, 0.29) is 16.6 Å². The lowest BCUT2D eigenvalue weighted by molar-refractivity contribution is -0.192. The van der Waals surface area contributed by atoms with E-state index in [1.807, 2.05) is 0 Å². The van der Waals surface area contributed by atoms with Crippen LogP contribution in [-0.2, 0) is 14.6 Å². The molecule has 0 saturated carbocycles. The molecular weight excluding hydrogens is 391 g/mol. The average molecular weight is 409 g/mol. The Morgan fingerprint density at radius 3 is 2.30 bits per heavy atom. The Bertz CT molecular complexity index is 988. The normalized spacial score (nSPS) is 16.0. The molecule has 12 heteroatoms. The van der Waals surface area contributed by atoms with Crippen LogP contribution in [0.25, 0.3) is 11.0 Å². The molecule has 1 aromatic carbocycles. The Morgan fingerprint density at radius 2 is 1.81 bits per heavy atom. The topological polar surface area (TPSA) is 121 Å². The Kier molecular flexibility index (Phi) is 6.00. The molecule has 1 aromatic heterocycles. The minimum Gasteiger partial charge on any atom is -0.475 e. The van der Waals surface area contributed by atoms with E-state index in [0.717, 1.165) is 37.7 Å². The number of sulfone groups is 1. The first kappa shape index (κ1) is 21.0. The molecule has 2 aromatic rings. The van der Waals surface area contributed by atoms with Crippen molar-refractivity contribution in [2.75, 3.05) is 19.3 Å². The Morgan fingerprint density at radius 1 is 1.26 bits per heavy atom. The smallest absolute Gasteiger partial charge is 0.475 e. The van der Waals surface area contributed by atoms with Gasteiger partial charge in [0.2, 0.25) is 0 Å². The number of rotatable bonds is 2. The van der Waals surface area contributed by atoms with Crippen LogP contribution in [-0.4, -0.2) is 54.6 Å². The first-order chi connectivity index (χ1) is 12.4. The molecule has 0 bridgehead atoms. The van der Waals surface area contributed by atoms with E-state index < -0.39 is 22.0 Å². The molecule has 3 N–H and O–H groups in total. The molecule has 1 aliphatic rings. The summed E-state index contributed by atoms with van der Waals surface area (Å²) in [6.07, 6.45) is -2.11. The fraction of sp³-hybridized carbons (Fsp3) is 0.467. The number of piperidine rings is 1. The molecule has 8 nitrogen and oxygen atoms in total. The number of fused-ring (bicyclic) bond motifs is 1. The van der Waals surface area contributed by atoms with E-state index in [2.05, 4.69) is 10.3 Å². The van der Waals surface area contributed by atoms with Crippen LogP contribution in [0.2, 0.25) is 0 Å². The number of aliphatic carboxylic acids is 1. The molecule has 1 fully saturated rings. The van der Waals surface area contributed by atoms with Gasteiger partial charge < -0.3 is 15.4 Å². The van der Waals surface area contributed by atoms with Gasteiger partial charge in [-0.25, -0.2) is 18.0 Å². The third kappa shape index (κ3) is 5.10. The molecule has 3 rings (SSSR count). The summed E-state index contributed by atoms with van der Waals surface area (Å²) in [5.41, 5.74) is 1.18. The summed E-state index contributed by atoms with van der Waals surface area (Å²) < 4.78 is 56.6. The van der Waals surface area contributed by atoms with Crippen LogP contribution in [0.4, 0.5) is 13.2 Å². The molecule has 0 unspecified atom stereocenters. The first-order valence-corrected chi connectivity index (χ1v) is 9.75. The van der Waals surface area contributed by atoms with Gasteiger partial charge in [0.15, 0.2) is 9.84 Å². The van der Waals surface area contributed by atoms with Gasteiger partial charge in [-0.05, 0) is 44.1 Å². The number of halogens is 3. The maximum Gasteiger partial charge on any atom is 0.490 e. The van der Waals surface area contributed by atoms with E-state index in [1.165, 1.54) is 6.07 Å². The number of alkyl halides is 3. The van der Waals surface area contributed by atoms with Gasteiger partial charge in [0.1, 0.15) is 0 Å². The second kappa shape index (κ2) is 7.72. The van der Waals surface area contributed by atoms with Crippen LogP contribution in [0.3, 0.4) is 0 Å². The largest absolute Gasteiger partial charge is 0.490 e. The van der Waals surface area contributed by atoms with Crippen molar-refractivity contribution in [1.29, 1.82) is 0 Å². The zero-order valence-electron chi connectivity index (χ0n) is 14.2. The fourth-order valence-corrected chi connectivity index (χ4v) is 3.42. The molecule has 0 spiro atoms. The first-order valence-electron chi connectivity index (χ1n) is 7.86. The third-order valence-corrected chi connectivity index (χ3v) is 5.14. The van der Waals surface area contributed by atoms with Gasteiger partial charge in [-0.2, -0.15) is 13.2 Å². The second-order valence-corrected chi connectivity index (χ2v) is 8.05. The zero-order valence-corrected chi connectivity index (χ0v) is 15.0. The number of benzene rings is 1. The minimum atomic E-state index is -5.08. The number of hydrogen-bond acceptors (Lipinski definition) is 5. The summed E-state index contributed by atoms with van der Waals surface area (Å²) in [5, 5.41) is 10.4. The lowest BCUT2D eigenvalue weighted by atomic mass is 10.1. The number of aromatic nitrogens is 2. The summed E-state index contributed by atoms with van der Waals surface area (Å²) in [5.74, 6) is -2.76. The number of imidazole rings is 1. The maximum absolute atomic E-state index is 12.1. The predicted molar refractivity (Wildman–Crippen MR) is 90.5 cm³/mol. The Labute approximate surface area is 151 Å². The quantitative estimate of drug-likeness (QED) is 0.687. The van der Waals surface area contributed by atoms with E-state index in [0.29, 0.717) is 5.52 Å². The molecule has 2 heterocycles. The van der Waals surface area contributed by atoms with Crippen LogP contribution in [0, 0.1) is 0 Å². The number of H-pyrrole nitrogens is 1. The van der Waals surface area contributed by atoms with Gasteiger partial charge in [-0.1, -0.05) is 0 Å². The number of carboxylic acid groups (broad SMARTS) is 1. The van der Waals surface area contributed by atoms with Gasteiger partial charge in [-0.3, -0.25) is 4.57 Å². The van der Waals surface area contributed by atoms with Crippen molar-refractivity contribution in [3.63, 3.8) is 0 Å². The van der Waals surface area contributed by atoms with Gasteiger partial charge in [0.25, 0.3) is 0 Å². The molecule has 1 aliphatic heterocycles. The van der Waals surface area contributed by atoms with Crippen LogP contribution in [0.5, 0.6) is 0 Å². The second-order valence-electron chi connectivity index (χ2n) is 6.04. The van der Waals surface area contributed by atoms with Gasteiger partial charge >= 0.3 is 17.8 Å². The highest BCUT2D eigenvalue weighted by molar-refractivity contribution is 7.90. The van der Waals surface area contributed by atoms with Crippen LogP contribution in [0.1, 0.15) is 18.9 Å². The van der Waals surface area contributed by atoms with Crippen LogP contribution in [0.15, 0.2) is 27.9 Å². The van der Waals surface area contributed by atoms with Crippen molar-refractivity contribution in [3.05, 3.63) is 28.7 Å². The summed E-state index contributed by atoms with van der Waals surface area (Å²) in [6, 6.07) is 4.97. The predicted octanol–water partition coefficient (Wildman–Crippen LogP) is 1.29. The number of carboxylic acids is 1. The Balaban J connectivity index is 0.000000321. The molecule has 27 heavy (non-hydrogen) atoms. The van der Waals surface area contributed by atoms with Crippen molar-refractivity contribution in [1.82, 2.24) is 14.9 Å². The molecule has 0 radical (unpaired) electrons. The van der Waals surface area contributed by atoms with Crippen molar-refractivity contribution in [3.8, 4) is 0 Å². The number of nitrogens with one attached hydrogen (secondary N) is 2. The van der Waals surface area contributed by atoms with Crippen LogP contribution >= 0.6 is 0 Å². The van der Waals surface area contributed by atoms with Gasteiger partial charge in [0.05, 0.1) is 15.9 Å². The highest BCUT2D eigenvalue weighted by Gasteiger charge is 2.38. The van der Waals surface area contributed by atoms with Crippen molar-refractivity contribution >= 4 is 26.8 Å². The molecule has 0 atom stereocenters. The Hall–Kier alpha value is -2.34. The number of nitrogens with zero attached hydrogens (tertiary/aromatic N) is 1. The molecule has 0 amide bonds. The summed E-state index contributed by atoms with van der Waals surface area (Å²) in [6.45, 7) is 1.79. The van der Waals surface area contributed by atoms with Crippen molar-refractivity contribution in [2.45, 2.75) is 30.0 Å². The third-order valence-electron chi connectivity index (χ3n) is 4.03. The van der Waals surface area contributed by atoms with Gasteiger partial charge in [-0.15, -0.1) is 0 Å².